The highest BCUT2D eigenvalue weighted by Crippen LogP contribution is 2.35. The van der Waals surface area contributed by atoms with Crippen LogP contribution in [0.2, 0.25) is 0 Å². The highest BCUT2D eigenvalue weighted by atomic mass is 16.5. The minimum absolute atomic E-state index is 0.0746. The Morgan fingerprint density at radius 2 is 1.68 bits per heavy atom. The normalized spacial score (nSPS) is 11.2. The lowest BCUT2D eigenvalue weighted by molar-refractivity contribution is 0.0981. The Kier molecular flexibility index (Phi) is 5.55. The zero-order valence-electron chi connectivity index (χ0n) is 12.6. The summed E-state index contributed by atoms with van der Waals surface area (Å²) in [7, 11) is 1.63. The van der Waals surface area contributed by atoms with E-state index < -0.39 is 0 Å². The highest BCUT2D eigenvalue weighted by molar-refractivity contribution is 6.01. The van der Waals surface area contributed by atoms with Crippen LogP contribution >= 0.6 is 0 Å². The van der Waals surface area contributed by atoms with Crippen LogP contribution in [-0.4, -0.2) is 19.4 Å². The summed E-state index contributed by atoms with van der Waals surface area (Å²) in [5.41, 5.74) is 8.36. The van der Waals surface area contributed by atoms with Crippen molar-refractivity contribution in [3.63, 3.8) is 0 Å². The first-order valence-electron chi connectivity index (χ1n) is 6.88. The van der Waals surface area contributed by atoms with Crippen molar-refractivity contribution in [2.75, 3.05) is 13.7 Å². The van der Waals surface area contributed by atoms with Crippen molar-refractivity contribution < 1.29 is 9.53 Å². The van der Waals surface area contributed by atoms with E-state index in [2.05, 4.69) is 33.8 Å². The largest absolute Gasteiger partial charge is 0.496 e. The number of rotatable bonds is 6. The molecule has 0 spiro atoms. The molecule has 3 nitrogen and oxygen atoms in total. The molecule has 0 heterocycles. The van der Waals surface area contributed by atoms with Crippen LogP contribution in [0.5, 0.6) is 5.75 Å². The number of ether oxygens (including phenoxy) is 1. The van der Waals surface area contributed by atoms with Gasteiger partial charge in [-0.15, -0.1) is 0 Å². The molecular weight excluding hydrogens is 238 g/mol. The van der Waals surface area contributed by atoms with Crippen molar-refractivity contribution in [1.82, 2.24) is 0 Å². The smallest absolute Gasteiger partial charge is 0.168 e. The van der Waals surface area contributed by atoms with E-state index in [0.717, 1.165) is 16.9 Å². The van der Waals surface area contributed by atoms with Gasteiger partial charge in [0.25, 0.3) is 0 Å². The Hall–Kier alpha value is -1.35. The average molecular weight is 263 g/mol. The van der Waals surface area contributed by atoms with Crippen LogP contribution in [0.15, 0.2) is 12.1 Å². The third-order valence-corrected chi connectivity index (χ3v) is 3.32. The van der Waals surface area contributed by atoms with E-state index >= 15 is 0 Å². The zero-order valence-corrected chi connectivity index (χ0v) is 12.6. The molecule has 0 aliphatic heterocycles. The Morgan fingerprint density at radius 1 is 1.16 bits per heavy atom. The van der Waals surface area contributed by atoms with E-state index in [-0.39, 0.29) is 11.7 Å². The van der Waals surface area contributed by atoms with Crippen LogP contribution in [0.3, 0.4) is 0 Å². The van der Waals surface area contributed by atoms with Crippen molar-refractivity contribution in [2.45, 2.75) is 46.0 Å². The van der Waals surface area contributed by atoms with E-state index in [0.29, 0.717) is 24.4 Å². The van der Waals surface area contributed by atoms with Gasteiger partial charge in [0.2, 0.25) is 0 Å². The fraction of sp³-hybridized carbons (Fsp3) is 0.562. The molecule has 0 amide bonds. The Morgan fingerprint density at radius 3 is 2.11 bits per heavy atom. The third-order valence-electron chi connectivity index (χ3n) is 3.32. The van der Waals surface area contributed by atoms with Gasteiger partial charge in [0.15, 0.2) is 5.78 Å². The molecule has 106 valence electrons. The number of carbonyl (C=O) groups is 1. The van der Waals surface area contributed by atoms with Crippen molar-refractivity contribution in [1.29, 1.82) is 0 Å². The predicted octanol–water partition coefficient (Wildman–Crippen LogP) is 3.47. The quantitative estimate of drug-likeness (QED) is 0.799. The summed E-state index contributed by atoms with van der Waals surface area (Å²) in [6, 6.07) is 4.12. The standard InChI is InChI=1S/C16H25NO2/c1-10(2)12-6-7-13(11(3)4)16(19-5)15(12)14(18)8-9-17/h6-7,10-11H,8-9,17H2,1-5H3. The molecule has 3 heteroatoms. The van der Waals surface area contributed by atoms with Crippen LogP contribution in [0.4, 0.5) is 0 Å². The first-order valence-corrected chi connectivity index (χ1v) is 6.88. The number of methoxy groups -OCH3 is 1. The maximum atomic E-state index is 12.4. The molecule has 0 aliphatic carbocycles. The van der Waals surface area contributed by atoms with Crippen molar-refractivity contribution in [3.8, 4) is 5.75 Å². The lowest BCUT2D eigenvalue weighted by atomic mass is 9.88. The molecule has 0 bridgehead atoms. The summed E-state index contributed by atoms with van der Waals surface area (Å²) in [6.45, 7) is 8.74. The van der Waals surface area contributed by atoms with Crippen LogP contribution in [-0.2, 0) is 0 Å². The summed E-state index contributed by atoms with van der Waals surface area (Å²) in [6.07, 6.45) is 0.359. The fourth-order valence-corrected chi connectivity index (χ4v) is 2.31. The predicted molar refractivity (Wildman–Crippen MR) is 79.2 cm³/mol. The lowest BCUT2D eigenvalue weighted by Gasteiger charge is -2.20. The topological polar surface area (TPSA) is 52.3 Å². The van der Waals surface area contributed by atoms with Gasteiger partial charge in [0, 0.05) is 6.42 Å². The molecular formula is C16H25NO2. The van der Waals surface area contributed by atoms with Crippen molar-refractivity contribution >= 4 is 5.78 Å². The van der Waals surface area contributed by atoms with Gasteiger partial charge in [-0.25, -0.2) is 0 Å². The molecule has 0 saturated heterocycles. The number of nitrogens with two attached hydrogens (primary N) is 1. The second-order valence-electron chi connectivity index (χ2n) is 5.42. The first kappa shape index (κ1) is 15.7. The molecule has 2 N–H and O–H groups in total. The first-order chi connectivity index (χ1) is 8.93. The van der Waals surface area contributed by atoms with Gasteiger partial charge in [-0.2, -0.15) is 0 Å². The van der Waals surface area contributed by atoms with Gasteiger partial charge in [-0.05, 0) is 29.5 Å². The lowest BCUT2D eigenvalue weighted by Crippen LogP contribution is -2.14. The van der Waals surface area contributed by atoms with Crippen LogP contribution < -0.4 is 10.5 Å². The monoisotopic (exact) mass is 263 g/mol. The number of ketones is 1. The summed E-state index contributed by atoms with van der Waals surface area (Å²) < 4.78 is 5.53. The van der Waals surface area contributed by atoms with E-state index in [1.54, 1.807) is 7.11 Å². The minimum atomic E-state index is 0.0746. The second kappa shape index (κ2) is 6.71. The van der Waals surface area contributed by atoms with Gasteiger partial charge < -0.3 is 10.5 Å². The fourth-order valence-electron chi connectivity index (χ4n) is 2.31. The van der Waals surface area contributed by atoms with E-state index in [4.69, 9.17) is 10.5 Å². The number of benzene rings is 1. The van der Waals surface area contributed by atoms with Gasteiger partial charge in [0.1, 0.15) is 5.75 Å². The molecule has 0 unspecified atom stereocenters. The summed E-state index contributed by atoms with van der Waals surface area (Å²) in [4.78, 5) is 12.4. The summed E-state index contributed by atoms with van der Waals surface area (Å²) >= 11 is 0. The molecule has 0 radical (unpaired) electrons. The number of hydrogen-bond donors (Lipinski definition) is 1. The Bertz CT molecular complexity index is 450. The molecule has 0 aliphatic rings. The van der Waals surface area contributed by atoms with E-state index in [1.165, 1.54) is 0 Å². The molecule has 1 rings (SSSR count). The van der Waals surface area contributed by atoms with Gasteiger partial charge in [0.05, 0.1) is 12.7 Å². The second-order valence-corrected chi connectivity index (χ2v) is 5.42. The van der Waals surface area contributed by atoms with Crippen LogP contribution in [0, 0.1) is 0 Å². The van der Waals surface area contributed by atoms with Crippen LogP contribution in [0.25, 0.3) is 0 Å². The van der Waals surface area contributed by atoms with Crippen molar-refractivity contribution in [3.05, 3.63) is 28.8 Å². The Labute approximate surface area is 116 Å². The Balaban J connectivity index is 3.50. The molecule has 19 heavy (non-hydrogen) atoms. The molecule has 0 saturated carbocycles. The molecule has 0 atom stereocenters. The molecule has 0 aromatic heterocycles. The number of Topliss-reactive ketones (excluding diaryl/α,β-unsaturated/α-hetero) is 1. The van der Waals surface area contributed by atoms with E-state index in [9.17, 15) is 4.79 Å². The highest BCUT2D eigenvalue weighted by Gasteiger charge is 2.22. The third kappa shape index (κ3) is 3.35. The van der Waals surface area contributed by atoms with Crippen molar-refractivity contribution in [2.24, 2.45) is 5.73 Å². The molecule has 0 fully saturated rings. The molecule has 1 aromatic rings. The summed E-state index contributed by atoms with van der Waals surface area (Å²) in [5.74, 6) is 1.40. The number of hydrogen-bond acceptors (Lipinski definition) is 3. The molecule has 1 aromatic carbocycles. The van der Waals surface area contributed by atoms with Gasteiger partial charge in [-0.3, -0.25) is 4.79 Å². The zero-order chi connectivity index (χ0) is 14.6. The summed E-state index contributed by atoms with van der Waals surface area (Å²) in [5, 5.41) is 0. The average Bonchev–Trinajstić information content (AvgIpc) is 2.36. The minimum Gasteiger partial charge on any atom is -0.496 e. The maximum Gasteiger partial charge on any atom is 0.168 e. The maximum absolute atomic E-state index is 12.4. The van der Waals surface area contributed by atoms with Gasteiger partial charge in [-0.1, -0.05) is 39.8 Å². The van der Waals surface area contributed by atoms with E-state index in [1.807, 2.05) is 6.07 Å². The number of carbonyl (C=O) groups excluding carboxylic acids is 1. The SMILES string of the molecule is COc1c(C(C)C)ccc(C(C)C)c1C(=O)CCN. The van der Waals surface area contributed by atoms with Gasteiger partial charge >= 0.3 is 0 Å². The van der Waals surface area contributed by atoms with Crippen LogP contribution in [0.1, 0.15) is 67.4 Å².